The molecule has 2 fully saturated rings. The number of halogens is 1. The molecule has 1 aromatic carbocycles. The van der Waals surface area contributed by atoms with Crippen LogP contribution in [0.1, 0.15) is 62.8 Å². The molecule has 146 valence electrons. The van der Waals surface area contributed by atoms with E-state index in [0.29, 0.717) is 11.3 Å². The maximum Gasteiger partial charge on any atom is 0.228 e. The van der Waals surface area contributed by atoms with Crippen molar-refractivity contribution < 1.29 is 14.0 Å². The maximum atomic E-state index is 13.8. The van der Waals surface area contributed by atoms with Crippen LogP contribution in [0.2, 0.25) is 0 Å². The van der Waals surface area contributed by atoms with Gasteiger partial charge in [-0.1, -0.05) is 19.3 Å². The highest BCUT2D eigenvalue weighted by Gasteiger charge is 2.39. The van der Waals surface area contributed by atoms with Gasteiger partial charge in [0, 0.05) is 18.7 Å². The van der Waals surface area contributed by atoms with Crippen molar-refractivity contribution in [3.05, 3.63) is 29.6 Å². The number of carbonyl (C=O) groups excluding carboxylic acids is 2. The van der Waals surface area contributed by atoms with Gasteiger partial charge in [0.15, 0.2) is 0 Å². The molecule has 27 heavy (non-hydrogen) atoms. The van der Waals surface area contributed by atoms with E-state index in [1.54, 1.807) is 6.07 Å². The summed E-state index contributed by atoms with van der Waals surface area (Å²) in [6, 6.07) is 4.24. The number of nitrogens with zero attached hydrogens (tertiary/aromatic N) is 1. The molecular weight excluding hydrogens is 345 g/mol. The zero-order chi connectivity index (χ0) is 18.9. The number of hydrogen-bond donors (Lipinski definition) is 2. The van der Waals surface area contributed by atoms with Crippen LogP contribution in [0.4, 0.5) is 10.1 Å². The number of likely N-dealkylation sites (tertiary alicyclic amines) is 1. The molecular formula is C21H28FN3O2. The normalized spacial score (nSPS) is 24.9. The van der Waals surface area contributed by atoms with Crippen LogP contribution >= 0.6 is 0 Å². The SMILES string of the molecule is O=C1CC(C(=O)NC2(CN3CCCC3)CCCCC2)c2cc(F)ccc2N1. The highest BCUT2D eigenvalue weighted by atomic mass is 19.1. The number of fused-ring (bicyclic) bond motifs is 1. The lowest BCUT2D eigenvalue weighted by Crippen LogP contribution is -2.57. The van der Waals surface area contributed by atoms with E-state index in [0.717, 1.165) is 45.3 Å². The van der Waals surface area contributed by atoms with Crippen molar-refractivity contribution in [3.63, 3.8) is 0 Å². The molecule has 1 unspecified atom stereocenters. The Labute approximate surface area is 159 Å². The highest BCUT2D eigenvalue weighted by Crippen LogP contribution is 2.35. The van der Waals surface area contributed by atoms with Gasteiger partial charge in [0.25, 0.3) is 0 Å². The predicted octanol–water partition coefficient (Wildman–Crippen LogP) is 3.17. The molecule has 1 saturated heterocycles. The van der Waals surface area contributed by atoms with Gasteiger partial charge in [-0.2, -0.15) is 0 Å². The van der Waals surface area contributed by atoms with Crippen molar-refractivity contribution in [2.45, 2.75) is 62.8 Å². The van der Waals surface area contributed by atoms with E-state index in [1.807, 2.05) is 0 Å². The minimum Gasteiger partial charge on any atom is -0.349 e. The third-order valence-electron chi connectivity index (χ3n) is 6.29. The average Bonchev–Trinajstić information content (AvgIpc) is 3.14. The largest absolute Gasteiger partial charge is 0.349 e. The molecule has 5 nitrogen and oxygen atoms in total. The Balaban J connectivity index is 1.56. The van der Waals surface area contributed by atoms with Crippen LogP contribution in [-0.2, 0) is 9.59 Å². The third kappa shape index (κ3) is 4.00. The van der Waals surface area contributed by atoms with Crippen LogP contribution in [0.15, 0.2) is 18.2 Å². The van der Waals surface area contributed by atoms with Gasteiger partial charge in [0.1, 0.15) is 5.82 Å². The molecule has 4 rings (SSSR count). The molecule has 2 N–H and O–H groups in total. The first kappa shape index (κ1) is 18.4. The Morgan fingerprint density at radius 1 is 1.19 bits per heavy atom. The molecule has 3 aliphatic rings. The second-order valence-electron chi connectivity index (χ2n) is 8.35. The lowest BCUT2D eigenvalue weighted by Gasteiger charge is -2.42. The van der Waals surface area contributed by atoms with Gasteiger partial charge in [-0.25, -0.2) is 4.39 Å². The minimum atomic E-state index is -0.623. The van der Waals surface area contributed by atoms with Gasteiger partial charge in [0.05, 0.1) is 11.5 Å². The Morgan fingerprint density at radius 3 is 2.67 bits per heavy atom. The summed E-state index contributed by atoms with van der Waals surface area (Å²) in [7, 11) is 0. The van der Waals surface area contributed by atoms with E-state index < -0.39 is 5.92 Å². The fourth-order valence-electron chi connectivity index (χ4n) is 4.93. The molecule has 1 aliphatic carbocycles. The van der Waals surface area contributed by atoms with Crippen LogP contribution in [0.3, 0.4) is 0 Å². The fraction of sp³-hybridized carbons (Fsp3) is 0.619. The molecule has 2 amide bonds. The summed E-state index contributed by atoms with van der Waals surface area (Å²) < 4.78 is 13.8. The van der Waals surface area contributed by atoms with E-state index >= 15 is 0 Å². The molecule has 2 aliphatic heterocycles. The number of rotatable bonds is 4. The molecule has 0 radical (unpaired) electrons. The summed E-state index contributed by atoms with van der Waals surface area (Å²) in [5.41, 5.74) is 0.908. The summed E-state index contributed by atoms with van der Waals surface area (Å²) in [6.45, 7) is 3.07. The zero-order valence-corrected chi connectivity index (χ0v) is 15.7. The van der Waals surface area contributed by atoms with Gasteiger partial charge < -0.3 is 15.5 Å². The van der Waals surface area contributed by atoms with Crippen molar-refractivity contribution in [2.75, 3.05) is 25.0 Å². The van der Waals surface area contributed by atoms with E-state index in [4.69, 9.17) is 0 Å². The molecule has 1 saturated carbocycles. The molecule has 1 atom stereocenters. The summed E-state index contributed by atoms with van der Waals surface area (Å²) in [6.07, 6.45) is 7.90. The van der Waals surface area contributed by atoms with Crippen molar-refractivity contribution in [1.29, 1.82) is 0 Å². The first-order chi connectivity index (χ1) is 13.0. The second-order valence-corrected chi connectivity index (χ2v) is 8.35. The number of anilines is 1. The van der Waals surface area contributed by atoms with Gasteiger partial charge in [0.2, 0.25) is 11.8 Å². The smallest absolute Gasteiger partial charge is 0.228 e. The maximum absolute atomic E-state index is 13.8. The lowest BCUT2D eigenvalue weighted by atomic mass is 9.80. The van der Waals surface area contributed by atoms with E-state index in [9.17, 15) is 14.0 Å². The number of carbonyl (C=O) groups is 2. The quantitative estimate of drug-likeness (QED) is 0.852. The Hall–Kier alpha value is -1.95. The average molecular weight is 373 g/mol. The molecule has 0 aromatic heterocycles. The molecule has 2 heterocycles. The van der Waals surface area contributed by atoms with Crippen molar-refractivity contribution in [3.8, 4) is 0 Å². The molecule has 0 bridgehead atoms. The van der Waals surface area contributed by atoms with Crippen molar-refractivity contribution >= 4 is 17.5 Å². The lowest BCUT2D eigenvalue weighted by molar-refractivity contribution is -0.128. The van der Waals surface area contributed by atoms with Crippen LogP contribution in [0.25, 0.3) is 0 Å². The van der Waals surface area contributed by atoms with Gasteiger partial charge >= 0.3 is 0 Å². The van der Waals surface area contributed by atoms with E-state index in [-0.39, 0.29) is 29.6 Å². The van der Waals surface area contributed by atoms with Crippen LogP contribution in [-0.4, -0.2) is 41.9 Å². The number of hydrogen-bond acceptors (Lipinski definition) is 3. The van der Waals surface area contributed by atoms with Crippen molar-refractivity contribution in [2.24, 2.45) is 0 Å². The predicted molar refractivity (Wildman–Crippen MR) is 102 cm³/mol. The van der Waals surface area contributed by atoms with Gasteiger partial charge in [-0.3, -0.25) is 9.59 Å². The summed E-state index contributed by atoms with van der Waals surface area (Å²) in [5, 5.41) is 6.08. The van der Waals surface area contributed by atoms with Gasteiger partial charge in [-0.15, -0.1) is 0 Å². The van der Waals surface area contributed by atoms with E-state index in [2.05, 4.69) is 15.5 Å². The van der Waals surface area contributed by atoms with E-state index in [1.165, 1.54) is 31.4 Å². The summed E-state index contributed by atoms with van der Waals surface area (Å²) >= 11 is 0. The fourth-order valence-corrected chi connectivity index (χ4v) is 4.93. The molecule has 1 aromatic rings. The topological polar surface area (TPSA) is 61.4 Å². The Bertz CT molecular complexity index is 724. The number of nitrogens with one attached hydrogen (secondary N) is 2. The summed E-state index contributed by atoms with van der Waals surface area (Å²) in [5.74, 6) is -1.33. The molecule has 6 heteroatoms. The second kappa shape index (κ2) is 7.58. The van der Waals surface area contributed by atoms with Gasteiger partial charge in [-0.05, 0) is 62.5 Å². The van der Waals surface area contributed by atoms with Crippen molar-refractivity contribution in [1.82, 2.24) is 10.2 Å². The first-order valence-electron chi connectivity index (χ1n) is 10.2. The third-order valence-corrected chi connectivity index (χ3v) is 6.29. The van der Waals surface area contributed by atoms with Crippen LogP contribution in [0, 0.1) is 5.82 Å². The van der Waals surface area contributed by atoms with Crippen LogP contribution in [0.5, 0.6) is 0 Å². The number of benzene rings is 1. The standard InChI is InChI=1S/C21H28FN3O2/c22-15-6-7-18-16(12-15)17(13-19(26)23-18)20(27)24-21(8-2-1-3-9-21)14-25-10-4-5-11-25/h6-7,12,17H,1-5,8-11,13-14H2,(H,23,26)(H,24,27). The summed E-state index contributed by atoms with van der Waals surface area (Å²) in [4.78, 5) is 27.8. The van der Waals surface area contributed by atoms with Crippen LogP contribution < -0.4 is 10.6 Å². The number of amides is 2. The Kier molecular flexibility index (Phi) is 5.17. The highest BCUT2D eigenvalue weighted by molar-refractivity contribution is 6.01. The zero-order valence-electron chi connectivity index (χ0n) is 15.7. The Morgan fingerprint density at radius 2 is 1.93 bits per heavy atom. The minimum absolute atomic E-state index is 0.0715. The monoisotopic (exact) mass is 373 g/mol. The first-order valence-corrected chi connectivity index (χ1v) is 10.2. The molecule has 0 spiro atoms.